The molecule has 0 spiro atoms. The number of pyridine rings is 2. The van der Waals surface area contributed by atoms with Crippen LogP contribution in [-0.2, 0) is 14.2 Å². The average Bonchev–Trinajstić information content (AvgIpc) is 3.31. The number of carbonyl (C=O) groups is 2. The predicted octanol–water partition coefficient (Wildman–Crippen LogP) is 5.17. The first-order chi connectivity index (χ1) is 17.6. The smallest absolute Gasteiger partial charge is 0.417 e. The van der Waals surface area contributed by atoms with E-state index in [4.69, 9.17) is 18.9 Å². The van der Waals surface area contributed by atoms with Gasteiger partial charge in [-0.2, -0.15) is 0 Å². The Morgan fingerprint density at radius 3 is 2.97 bits per heavy atom. The lowest BCUT2D eigenvalue weighted by Crippen LogP contribution is -2.27. The van der Waals surface area contributed by atoms with Crippen molar-refractivity contribution in [1.29, 1.82) is 0 Å². The molecule has 0 saturated carbocycles. The molecule has 1 fully saturated rings. The Bertz CT molecular complexity index is 1300. The summed E-state index contributed by atoms with van der Waals surface area (Å²) in [5.74, 6) is 1.35. The number of amides is 1. The fraction of sp³-hybridized carbons (Fsp3) is 0.333. The lowest BCUT2D eigenvalue weighted by Gasteiger charge is -2.23. The van der Waals surface area contributed by atoms with Crippen LogP contribution in [0.5, 0.6) is 5.88 Å². The summed E-state index contributed by atoms with van der Waals surface area (Å²) in [6.07, 6.45) is 14.1. The van der Waals surface area contributed by atoms with Crippen molar-refractivity contribution in [3.63, 3.8) is 0 Å². The summed E-state index contributed by atoms with van der Waals surface area (Å²) in [6, 6.07) is 5.20. The van der Waals surface area contributed by atoms with Crippen LogP contribution in [0, 0.1) is 0 Å². The van der Waals surface area contributed by atoms with Gasteiger partial charge in [-0.05, 0) is 49.8 Å². The Balaban J connectivity index is 1.12. The van der Waals surface area contributed by atoms with Crippen molar-refractivity contribution in [2.24, 2.45) is 0 Å². The van der Waals surface area contributed by atoms with Crippen LogP contribution in [0.15, 0.2) is 72.4 Å². The van der Waals surface area contributed by atoms with Gasteiger partial charge < -0.3 is 18.9 Å². The summed E-state index contributed by atoms with van der Waals surface area (Å²) in [4.78, 5) is 35.5. The number of methoxy groups -OCH3 is 1. The molecule has 9 heteroatoms. The van der Waals surface area contributed by atoms with Crippen LogP contribution < -0.4 is 4.74 Å². The first-order valence-corrected chi connectivity index (χ1v) is 12.0. The molecule has 36 heavy (non-hydrogen) atoms. The van der Waals surface area contributed by atoms with E-state index >= 15 is 0 Å². The van der Waals surface area contributed by atoms with Gasteiger partial charge in [0.1, 0.15) is 17.9 Å². The minimum absolute atomic E-state index is 0.00251. The Morgan fingerprint density at radius 2 is 2.14 bits per heavy atom. The van der Waals surface area contributed by atoms with Gasteiger partial charge in [-0.3, -0.25) is 9.78 Å². The largest absolute Gasteiger partial charge is 0.481 e. The molecule has 1 atom stereocenters. The van der Waals surface area contributed by atoms with Crippen LogP contribution in [0.1, 0.15) is 48.9 Å². The molecule has 4 heterocycles. The molecule has 1 amide bonds. The highest BCUT2D eigenvalue weighted by Gasteiger charge is 2.36. The molecule has 0 radical (unpaired) electrons. The van der Waals surface area contributed by atoms with Crippen LogP contribution in [0.4, 0.5) is 4.79 Å². The van der Waals surface area contributed by atoms with Crippen molar-refractivity contribution >= 4 is 22.9 Å². The number of hydrogen-bond donors (Lipinski definition) is 0. The van der Waals surface area contributed by atoms with Gasteiger partial charge in [0.15, 0.2) is 17.8 Å². The number of aromatic nitrogens is 2. The van der Waals surface area contributed by atoms with Crippen molar-refractivity contribution < 1.29 is 28.5 Å². The summed E-state index contributed by atoms with van der Waals surface area (Å²) in [7, 11) is 1.54. The minimum atomic E-state index is -0.465. The highest BCUT2D eigenvalue weighted by atomic mass is 16.6. The molecule has 0 aromatic carbocycles. The first-order valence-electron chi connectivity index (χ1n) is 12.0. The number of carbonyl (C=O) groups excluding carboxylic acids is 2. The molecule has 1 saturated heterocycles. The van der Waals surface area contributed by atoms with E-state index in [1.54, 1.807) is 30.7 Å². The summed E-state index contributed by atoms with van der Waals surface area (Å²) in [5.41, 5.74) is 2.74. The maximum absolute atomic E-state index is 12.9. The average molecular weight is 490 g/mol. The standard InChI is InChI=1S/C27H27N3O6/c1-33-24-12-11-21-26(29-24)20(13-14-28-21)22(31)10-6-5-9-19-15-30(27(32)35-19)25-17-34-16-23(36-25)18-7-3-2-4-8-18/h2-3,7,11-14,16-17,19H,4-6,8-10,15H2,1H3. The molecular formula is C27H27N3O6. The predicted molar refractivity (Wildman–Crippen MR) is 131 cm³/mol. The highest BCUT2D eigenvalue weighted by Crippen LogP contribution is 2.30. The van der Waals surface area contributed by atoms with Gasteiger partial charge in [-0.1, -0.05) is 18.2 Å². The van der Waals surface area contributed by atoms with Crippen LogP contribution in [0.3, 0.4) is 0 Å². The lowest BCUT2D eigenvalue weighted by molar-refractivity contribution is 0.0974. The monoisotopic (exact) mass is 489 g/mol. The maximum atomic E-state index is 12.9. The number of hydrogen-bond acceptors (Lipinski definition) is 8. The second kappa shape index (κ2) is 10.6. The van der Waals surface area contributed by atoms with Crippen molar-refractivity contribution in [1.82, 2.24) is 14.9 Å². The van der Waals surface area contributed by atoms with Gasteiger partial charge in [0.2, 0.25) is 11.8 Å². The Kier molecular flexibility index (Phi) is 6.97. The molecule has 0 bridgehead atoms. The number of cyclic esters (lactones) is 1. The maximum Gasteiger partial charge on any atom is 0.417 e. The van der Waals surface area contributed by atoms with Crippen LogP contribution in [-0.4, -0.2) is 46.5 Å². The third-order valence-electron chi connectivity index (χ3n) is 6.28. The van der Waals surface area contributed by atoms with E-state index in [1.807, 2.05) is 12.2 Å². The van der Waals surface area contributed by atoms with Crippen molar-refractivity contribution in [2.75, 3.05) is 13.7 Å². The normalized spacial score (nSPS) is 19.1. The quantitative estimate of drug-likeness (QED) is 0.352. The third-order valence-corrected chi connectivity index (χ3v) is 6.28. The van der Waals surface area contributed by atoms with E-state index in [9.17, 15) is 9.59 Å². The summed E-state index contributed by atoms with van der Waals surface area (Å²) < 4.78 is 22.1. The molecule has 3 aliphatic rings. The molecule has 1 unspecified atom stereocenters. The van der Waals surface area contributed by atoms with E-state index in [0.717, 1.165) is 24.8 Å². The van der Waals surface area contributed by atoms with Gasteiger partial charge in [0, 0.05) is 24.2 Å². The first kappa shape index (κ1) is 23.6. The highest BCUT2D eigenvalue weighted by molar-refractivity contribution is 6.05. The van der Waals surface area contributed by atoms with E-state index in [2.05, 4.69) is 16.0 Å². The molecule has 0 N–H and O–H groups in total. The molecule has 186 valence electrons. The van der Waals surface area contributed by atoms with Gasteiger partial charge >= 0.3 is 6.09 Å². The number of fused-ring (bicyclic) bond motifs is 1. The topological polar surface area (TPSA) is 100 Å². The SMILES string of the molecule is COc1ccc2nccc(C(=O)CCCCC3CN(C4=COC=C(C5=CC=CCC5)O4)C(=O)O3)c2n1. The Morgan fingerprint density at radius 1 is 1.22 bits per heavy atom. The van der Waals surface area contributed by atoms with Crippen molar-refractivity contribution in [3.8, 4) is 5.88 Å². The molecule has 9 nitrogen and oxygen atoms in total. The molecule has 2 aliphatic heterocycles. The molecule has 5 rings (SSSR count). The number of nitrogens with zero attached hydrogens (tertiary/aromatic N) is 3. The third kappa shape index (κ3) is 5.10. The second-order valence-electron chi connectivity index (χ2n) is 8.70. The Labute approximate surface area is 208 Å². The zero-order chi connectivity index (χ0) is 24.9. The fourth-order valence-electron chi connectivity index (χ4n) is 4.37. The zero-order valence-corrected chi connectivity index (χ0v) is 20.0. The van der Waals surface area contributed by atoms with E-state index in [-0.39, 0.29) is 11.9 Å². The number of ketones is 1. The molecule has 2 aromatic rings. The van der Waals surface area contributed by atoms with E-state index in [0.29, 0.717) is 59.9 Å². The van der Waals surface area contributed by atoms with Crippen LogP contribution >= 0.6 is 0 Å². The number of unbranched alkanes of at least 4 members (excludes halogenated alkanes) is 1. The summed E-state index contributed by atoms with van der Waals surface area (Å²) in [6.45, 7) is 0.368. The van der Waals surface area contributed by atoms with Gasteiger partial charge in [0.25, 0.3) is 0 Å². The Hall–Kier alpha value is -4.14. The summed E-state index contributed by atoms with van der Waals surface area (Å²) in [5, 5.41) is 0. The molecule has 1 aliphatic carbocycles. The van der Waals surface area contributed by atoms with Crippen molar-refractivity contribution in [2.45, 2.75) is 44.6 Å². The fourth-order valence-corrected chi connectivity index (χ4v) is 4.37. The van der Waals surface area contributed by atoms with E-state index in [1.165, 1.54) is 18.3 Å². The van der Waals surface area contributed by atoms with Gasteiger partial charge in [0.05, 0.1) is 19.2 Å². The number of rotatable bonds is 9. The summed E-state index contributed by atoms with van der Waals surface area (Å²) >= 11 is 0. The van der Waals surface area contributed by atoms with E-state index < -0.39 is 6.09 Å². The number of Topliss-reactive ketones (excluding diaryl/α,β-unsaturated/α-hetero) is 1. The minimum Gasteiger partial charge on any atom is -0.481 e. The second-order valence-corrected chi connectivity index (χ2v) is 8.70. The molecular weight excluding hydrogens is 462 g/mol. The molecule has 2 aromatic heterocycles. The van der Waals surface area contributed by atoms with Crippen molar-refractivity contribution in [3.05, 3.63) is 77.9 Å². The lowest BCUT2D eigenvalue weighted by atomic mass is 10.0. The number of ether oxygens (including phenoxy) is 4. The van der Waals surface area contributed by atoms with Gasteiger partial charge in [-0.15, -0.1) is 0 Å². The van der Waals surface area contributed by atoms with Crippen LogP contribution in [0.2, 0.25) is 0 Å². The number of allylic oxidation sites excluding steroid dienone is 4. The zero-order valence-electron chi connectivity index (χ0n) is 20.0. The van der Waals surface area contributed by atoms with Gasteiger partial charge in [-0.25, -0.2) is 14.7 Å². The van der Waals surface area contributed by atoms with Crippen LogP contribution in [0.25, 0.3) is 11.0 Å².